The van der Waals surface area contributed by atoms with Crippen LogP contribution in [0.2, 0.25) is 0 Å². The summed E-state index contributed by atoms with van der Waals surface area (Å²) in [5.74, 6) is -0.693. The SMILES string of the molecule is CC(C)C(NC(=O)COC(=O)c1ccc2c(c1)CCC(=O)N2)c1cccs1. The number of hydrogen-bond donors (Lipinski definition) is 2. The van der Waals surface area contributed by atoms with Crippen LogP contribution in [0.4, 0.5) is 5.69 Å². The molecule has 0 saturated heterocycles. The van der Waals surface area contributed by atoms with Crippen molar-refractivity contribution in [3.8, 4) is 0 Å². The zero-order chi connectivity index (χ0) is 19.4. The second kappa shape index (κ2) is 8.35. The van der Waals surface area contributed by atoms with Crippen LogP contribution in [0.1, 0.15) is 47.1 Å². The molecule has 0 fully saturated rings. The van der Waals surface area contributed by atoms with Crippen LogP contribution in [0.5, 0.6) is 0 Å². The zero-order valence-electron chi connectivity index (χ0n) is 15.3. The van der Waals surface area contributed by atoms with E-state index in [1.165, 1.54) is 0 Å². The highest BCUT2D eigenvalue weighted by Gasteiger charge is 2.21. The number of esters is 1. The van der Waals surface area contributed by atoms with E-state index in [1.54, 1.807) is 29.5 Å². The number of fused-ring (bicyclic) bond motifs is 1. The summed E-state index contributed by atoms with van der Waals surface area (Å²) in [7, 11) is 0. The van der Waals surface area contributed by atoms with Gasteiger partial charge in [-0.2, -0.15) is 0 Å². The summed E-state index contributed by atoms with van der Waals surface area (Å²) >= 11 is 1.58. The van der Waals surface area contributed by atoms with Crippen LogP contribution in [-0.2, 0) is 20.7 Å². The Bertz CT molecular complexity index is 846. The van der Waals surface area contributed by atoms with Crippen LogP contribution in [0.25, 0.3) is 0 Å². The van der Waals surface area contributed by atoms with Gasteiger partial charge >= 0.3 is 5.97 Å². The lowest BCUT2D eigenvalue weighted by Gasteiger charge is -2.21. The second-order valence-electron chi connectivity index (χ2n) is 6.80. The molecule has 1 atom stereocenters. The lowest BCUT2D eigenvalue weighted by Crippen LogP contribution is -2.34. The van der Waals surface area contributed by atoms with E-state index >= 15 is 0 Å². The summed E-state index contributed by atoms with van der Waals surface area (Å²) in [4.78, 5) is 37.0. The number of benzene rings is 1. The van der Waals surface area contributed by atoms with Crippen molar-refractivity contribution >= 4 is 34.8 Å². The standard InChI is InChI=1S/C20H22N2O4S/c1-12(2)19(16-4-3-9-27-16)22-18(24)11-26-20(25)14-5-7-15-13(10-14)6-8-17(23)21-15/h3-5,7,9-10,12,19H,6,8,11H2,1-2H3,(H,21,23)(H,22,24). The summed E-state index contributed by atoms with van der Waals surface area (Å²) < 4.78 is 5.17. The maximum atomic E-state index is 12.3. The number of anilines is 1. The van der Waals surface area contributed by atoms with E-state index in [1.807, 2.05) is 31.4 Å². The number of aryl methyl sites for hydroxylation is 1. The van der Waals surface area contributed by atoms with Gasteiger partial charge in [0.15, 0.2) is 6.61 Å². The molecule has 2 amide bonds. The molecular formula is C20H22N2O4S. The summed E-state index contributed by atoms with van der Waals surface area (Å²) in [5, 5.41) is 7.66. The van der Waals surface area contributed by atoms with Gasteiger partial charge in [0.2, 0.25) is 5.91 Å². The number of carbonyl (C=O) groups excluding carboxylic acids is 3. The quantitative estimate of drug-likeness (QED) is 0.746. The minimum Gasteiger partial charge on any atom is -0.452 e. The van der Waals surface area contributed by atoms with E-state index in [0.717, 1.165) is 16.1 Å². The van der Waals surface area contributed by atoms with Crippen LogP contribution in [0, 0.1) is 5.92 Å². The molecule has 2 aromatic rings. The lowest BCUT2D eigenvalue weighted by molar-refractivity contribution is -0.125. The highest BCUT2D eigenvalue weighted by molar-refractivity contribution is 7.10. The monoisotopic (exact) mass is 386 g/mol. The van der Waals surface area contributed by atoms with E-state index < -0.39 is 5.97 Å². The first-order valence-electron chi connectivity index (χ1n) is 8.86. The molecule has 1 aliphatic heterocycles. The molecule has 1 unspecified atom stereocenters. The Labute approximate surface area is 161 Å². The summed E-state index contributed by atoms with van der Waals surface area (Å²) in [6.07, 6.45) is 0.979. The fourth-order valence-corrected chi connectivity index (χ4v) is 3.92. The maximum absolute atomic E-state index is 12.3. The van der Waals surface area contributed by atoms with Gasteiger partial charge in [-0.15, -0.1) is 11.3 Å². The first-order chi connectivity index (χ1) is 12.9. The number of thiophene rings is 1. The van der Waals surface area contributed by atoms with Crippen molar-refractivity contribution < 1.29 is 19.1 Å². The van der Waals surface area contributed by atoms with E-state index in [4.69, 9.17) is 4.74 Å². The number of rotatable bonds is 6. The Morgan fingerprint density at radius 1 is 1.26 bits per heavy atom. The van der Waals surface area contributed by atoms with E-state index in [-0.39, 0.29) is 30.4 Å². The Morgan fingerprint density at radius 3 is 2.78 bits per heavy atom. The number of carbonyl (C=O) groups is 3. The fraction of sp³-hybridized carbons (Fsp3) is 0.350. The average molecular weight is 386 g/mol. The topological polar surface area (TPSA) is 84.5 Å². The normalized spacial score (nSPS) is 14.3. The summed E-state index contributed by atoms with van der Waals surface area (Å²) in [6, 6.07) is 8.80. The van der Waals surface area contributed by atoms with Crippen LogP contribution >= 0.6 is 11.3 Å². The van der Waals surface area contributed by atoms with Gasteiger partial charge in [0.25, 0.3) is 5.91 Å². The molecule has 3 rings (SSSR count). The smallest absolute Gasteiger partial charge is 0.338 e. The zero-order valence-corrected chi connectivity index (χ0v) is 16.1. The van der Waals surface area contributed by atoms with Gasteiger partial charge in [-0.05, 0) is 47.5 Å². The molecule has 1 aromatic carbocycles. The fourth-order valence-electron chi connectivity index (χ4n) is 2.97. The summed E-state index contributed by atoms with van der Waals surface area (Å²) in [5.41, 5.74) is 1.98. The van der Waals surface area contributed by atoms with Gasteiger partial charge in [0.1, 0.15) is 0 Å². The molecule has 27 heavy (non-hydrogen) atoms. The molecular weight excluding hydrogens is 364 g/mol. The Hall–Kier alpha value is -2.67. The molecule has 2 heterocycles. The van der Waals surface area contributed by atoms with Crippen molar-refractivity contribution in [3.63, 3.8) is 0 Å². The Balaban J connectivity index is 1.57. The van der Waals surface area contributed by atoms with Crippen molar-refractivity contribution in [3.05, 3.63) is 51.7 Å². The highest BCUT2D eigenvalue weighted by atomic mass is 32.1. The van der Waals surface area contributed by atoms with Gasteiger partial charge in [-0.25, -0.2) is 4.79 Å². The van der Waals surface area contributed by atoms with Crippen molar-refractivity contribution in [1.82, 2.24) is 5.32 Å². The molecule has 0 bridgehead atoms. The van der Waals surface area contributed by atoms with E-state index in [9.17, 15) is 14.4 Å². The third-order valence-electron chi connectivity index (χ3n) is 4.40. The van der Waals surface area contributed by atoms with E-state index in [0.29, 0.717) is 18.4 Å². The molecule has 6 nitrogen and oxygen atoms in total. The number of amides is 2. The van der Waals surface area contributed by atoms with Gasteiger partial charge in [0.05, 0.1) is 11.6 Å². The molecule has 0 saturated carbocycles. The minimum atomic E-state index is -0.554. The minimum absolute atomic E-state index is 0.0278. The molecule has 0 radical (unpaired) electrons. The molecule has 2 N–H and O–H groups in total. The average Bonchev–Trinajstić information content (AvgIpc) is 3.17. The first kappa shape index (κ1) is 19.1. The molecule has 142 valence electrons. The van der Waals surface area contributed by atoms with Crippen molar-refractivity contribution in [2.45, 2.75) is 32.7 Å². The Kier molecular flexibility index (Phi) is 5.91. The first-order valence-corrected chi connectivity index (χ1v) is 9.74. The molecule has 7 heteroatoms. The maximum Gasteiger partial charge on any atom is 0.338 e. The van der Waals surface area contributed by atoms with Crippen molar-refractivity contribution in [2.24, 2.45) is 5.92 Å². The molecule has 1 aromatic heterocycles. The van der Waals surface area contributed by atoms with Crippen molar-refractivity contribution in [2.75, 3.05) is 11.9 Å². The van der Waals surface area contributed by atoms with Gasteiger partial charge in [-0.3, -0.25) is 9.59 Å². The van der Waals surface area contributed by atoms with Crippen LogP contribution in [0.3, 0.4) is 0 Å². The van der Waals surface area contributed by atoms with Crippen LogP contribution in [-0.4, -0.2) is 24.4 Å². The Morgan fingerprint density at radius 2 is 2.07 bits per heavy atom. The van der Waals surface area contributed by atoms with Gasteiger partial charge in [0, 0.05) is 17.0 Å². The lowest BCUT2D eigenvalue weighted by atomic mass is 10.0. The van der Waals surface area contributed by atoms with Crippen molar-refractivity contribution in [1.29, 1.82) is 0 Å². The highest BCUT2D eigenvalue weighted by Crippen LogP contribution is 2.26. The molecule has 1 aliphatic rings. The third kappa shape index (κ3) is 4.74. The number of nitrogens with one attached hydrogen (secondary N) is 2. The largest absolute Gasteiger partial charge is 0.452 e. The van der Waals surface area contributed by atoms with Gasteiger partial charge < -0.3 is 15.4 Å². The number of ether oxygens (including phenoxy) is 1. The van der Waals surface area contributed by atoms with E-state index in [2.05, 4.69) is 10.6 Å². The molecule has 0 aliphatic carbocycles. The predicted octanol–water partition coefficient (Wildman–Crippen LogP) is 3.30. The van der Waals surface area contributed by atoms with Crippen LogP contribution < -0.4 is 10.6 Å². The number of hydrogen-bond acceptors (Lipinski definition) is 5. The summed E-state index contributed by atoms with van der Waals surface area (Å²) in [6.45, 7) is 3.73. The van der Waals surface area contributed by atoms with Gasteiger partial charge in [-0.1, -0.05) is 19.9 Å². The third-order valence-corrected chi connectivity index (χ3v) is 5.36. The molecule has 0 spiro atoms. The second-order valence-corrected chi connectivity index (χ2v) is 7.78. The van der Waals surface area contributed by atoms with Crippen LogP contribution in [0.15, 0.2) is 35.7 Å². The predicted molar refractivity (Wildman–Crippen MR) is 104 cm³/mol.